The molecule has 0 saturated carbocycles. The van der Waals surface area contributed by atoms with Gasteiger partial charge in [-0.05, 0) is 68.6 Å². The molecule has 2 aliphatic rings. The van der Waals surface area contributed by atoms with Gasteiger partial charge < -0.3 is 10.2 Å². The minimum absolute atomic E-state index is 0.126. The Morgan fingerprint density at radius 1 is 1.38 bits per heavy atom. The van der Waals surface area contributed by atoms with Crippen LogP contribution in [0.25, 0.3) is 0 Å². The van der Waals surface area contributed by atoms with E-state index >= 15 is 0 Å². The van der Waals surface area contributed by atoms with Crippen LogP contribution < -0.4 is 5.32 Å². The molecule has 1 unspecified atom stereocenters. The fraction of sp³-hybridized carbons (Fsp3) is 0.706. The first-order valence-corrected chi connectivity index (χ1v) is 9.26. The van der Waals surface area contributed by atoms with Crippen LogP contribution >= 0.6 is 11.3 Å². The lowest BCUT2D eigenvalue weighted by Crippen LogP contribution is -2.48. The summed E-state index contributed by atoms with van der Waals surface area (Å²) in [4.78, 5) is 16.8. The Labute approximate surface area is 131 Å². The number of nitrogens with zero attached hydrogens (tertiary/aromatic N) is 1. The molecular formula is C17H26N2OS. The number of rotatable bonds is 4. The van der Waals surface area contributed by atoms with Gasteiger partial charge in [0.1, 0.15) is 0 Å². The van der Waals surface area contributed by atoms with E-state index in [1.54, 1.807) is 0 Å². The summed E-state index contributed by atoms with van der Waals surface area (Å²) in [7, 11) is 0. The summed E-state index contributed by atoms with van der Waals surface area (Å²) >= 11 is 1.83. The Balaban J connectivity index is 1.78. The number of carbonyl (C=O) groups is 1. The second kappa shape index (κ2) is 6.93. The molecule has 0 radical (unpaired) electrons. The highest BCUT2D eigenvalue weighted by atomic mass is 32.1. The minimum Gasteiger partial charge on any atom is -0.339 e. The van der Waals surface area contributed by atoms with Crippen molar-refractivity contribution in [2.24, 2.45) is 0 Å². The largest absolute Gasteiger partial charge is 0.339 e. The first-order chi connectivity index (χ1) is 10.3. The molecule has 0 aromatic carbocycles. The maximum absolute atomic E-state index is 13.2. The average molecular weight is 306 g/mol. The predicted octanol–water partition coefficient (Wildman–Crippen LogP) is 3.16. The molecule has 0 spiro atoms. The van der Waals surface area contributed by atoms with Gasteiger partial charge in [-0.25, -0.2) is 0 Å². The normalized spacial score (nSPS) is 22.8. The van der Waals surface area contributed by atoms with E-state index in [2.05, 4.69) is 28.6 Å². The van der Waals surface area contributed by atoms with Crippen LogP contribution in [-0.4, -0.2) is 36.5 Å². The topological polar surface area (TPSA) is 32.3 Å². The molecule has 1 aromatic heterocycles. The van der Waals surface area contributed by atoms with E-state index in [0.29, 0.717) is 11.9 Å². The summed E-state index contributed by atoms with van der Waals surface area (Å²) in [6.45, 7) is 5.19. The second-order valence-electron chi connectivity index (χ2n) is 6.26. The van der Waals surface area contributed by atoms with E-state index in [0.717, 1.165) is 58.2 Å². The molecule has 1 aliphatic heterocycles. The maximum atomic E-state index is 13.2. The molecule has 1 N–H and O–H groups in total. The number of aryl methyl sites for hydroxylation is 1. The third-order valence-corrected chi connectivity index (χ3v) is 5.84. The summed E-state index contributed by atoms with van der Waals surface area (Å²) in [5.41, 5.74) is 1.33. The molecule has 1 amide bonds. The summed E-state index contributed by atoms with van der Waals surface area (Å²) in [6.07, 6.45) is 6.63. The second-order valence-corrected chi connectivity index (χ2v) is 7.26. The first kappa shape index (κ1) is 15.0. The highest BCUT2D eigenvalue weighted by Gasteiger charge is 2.33. The summed E-state index contributed by atoms with van der Waals surface area (Å²) in [5.74, 6) is 0.518. The molecule has 1 aliphatic carbocycles. The van der Waals surface area contributed by atoms with Crippen LogP contribution in [0.5, 0.6) is 0 Å². The average Bonchev–Trinajstić information content (AvgIpc) is 3.01. The van der Waals surface area contributed by atoms with Gasteiger partial charge in [0.15, 0.2) is 0 Å². The lowest BCUT2D eigenvalue weighted by atomic mass is 9.86. The molecule has 1 atom stereocenters. The summed E-state index contributed by atoms with van der Waals surface area (Å²) in [6, 6.07) is 2.64. The van der Waals surface area contributed by atoms with Gasteiger partial charge in [-0.2, -0.15) is 0 Å². The molecule has 1 fully saturated rings. The van der Waals surface area contributed by atoms with E-state index in [1.165, 1.54) is 10.4 Å². The van der Waals surface area contributed by atoms with Gasteiger partial charge in [0.25, 0.3) is 0 Å². The molecule has 116 valence electrons. The molecule has 4 heteroatoms. The zero-order valence-corrected chi connectivity index (χ0v) is 13.8. The van der Waals surface area contributed by atoms with Gasteiger partial charge in [0, 0.05) is 17.5 Å². The third-order valence-electron chi connectivity index (χ3n) is 4.85. The third kappa shape index (κ3) is 3.16. The molecular weight excluding hydrogens is 280 g/mol. The molecule has 3 rings (SSSR count). The van der Waals surface area contributed by atoms with E-state index in [1.807, 2.05) is 11.3 Å². The van der Waals surface area contributed by atoms with Crippen LogP contribution in [0.4, 0.5) is 0 Å². The van der Waals surface area contributed by atoms with Crippen molar-refractivity contribution in [2.45, 2.75) is 57.4 Å². The smallest absolute Gasteiger partial charge is 0.230 e. The number of amides is 1. The molecule has 1 saturated heterocycles. The van der Waals surface area contributed by atoms with E-state index < -0.39 is 0 Å². The van der Waals surface area contributed by atoms with Crippen molar-refractivity contribution in [3.05, 3.63) is 21.9 Å². The van der Waals surface area contributed by atoms with E-state index in [-0.39, 0.29) is 5.92 Å². The fourth-order valence-corrected chi connectivity index (χ4v) is 4.76. The number of nitrogens with one attached hydrogen (secondary N) is 1. The zero-order chi connectivity index (χ0) is 14.7. The van der Waals surface area contributed by atoms with Crippen molar-refractivity contribution in [1.82, 2.24) is 10.2 Å². The monoisotopic (exact) mass is 306 g/mol. The van der Waals surface area contributed by atoms with Crippen molar-refractivity contribution in [3.8, 4) is 0 Å². The lowest BCUT2D eigenvalue weighted by Gasteiger charge is -2.37. The van der Waals surface area contributed by atoms with Crippen molar-refractivity contribution >= 4 is 17.2 Å². The maximum Gasteiger partial charge on any atom is 0.230 e. The van der Waals surface area contributed by atoms with Crippen LogP contribution in [0.2, 0.25) is 0 Å². The van der Waals surface area contributed by atoms with Crippen LogP contribution in [0.1, 0.15) is 55.4 Å². The van der Waals surface area contributed by atoms with Crippen LogP contribution in [0.15, 0.2) is 11.4 Å². The van der Waals surface area contributed by atoms with E-state index in [4.69, 9.17) is 0 Å². The number of hydrogen-bond acceptors (Lipinski definition) is 3. The van der Waals surface area contributed by atoms with Gasteiger partial charge in [-0.3, -0.25) is 4.79 Å². The Morgan fingerprint density at radius 2 is 2.19 bits per heavy atom. The number of fused-ring (bicyclic) bond motifs is 1. The predicted molar refractivity (Wildman–Crippen MR) is 87.9 cm³/mol. The molecule has 1 aromatic rings. The lowest BCUT2D eigenvalue weighted by molar-refractivity contribution is -0.136. The molecule has 0 bridgehead atoms. The number of hydrogen-bond donors (Lipinski definition) is 1. The SMILES string of the molecule is CCCN(C(=O)C1CCCc2sccc21)C1CCNCC1. The Hall–Kier alpha value is -0.870. The van der Waals surface area contributed by atoms with Crippen molar-refractivity contribution in [1.29, 1.82) is 0 Å². The Kier molecular flexibility index (Phi) is 4.96. The standard InChI is InChI=1S/C17H26N2OS/c1-2-11-19(13-6-9-18-10-7-13)17(20)15-4-3-5-16-14(15)8-12-21-16/h8,12-13,15,18H,2-7,9-11H2,1H3. The highest BCUT2D eigenvalue weighted by molar-refractivity contribution is 7.10. The van der Waals surface area contributed by atoms with Gasteiger partial charge in [-0.1, -0.05) is 6.92 Å². The number of thiophene rings is 1. The van der Waals surface area contributed by atoms with Gasteiger partial charge >= 0.3 is 0 Å². The van der Waals surface area contributed by atoms with E-state index in [9.17, 15) is 4.79 Å². The first-order valence-electron chi connectivity index (χ1n) is 8.38. The molecule has 21 heavy (non-hydrogen) atoms. The summed E-state index contributed by atoms with van der Waals surface area (Å²) < 4.78 is 0. The fourth-order valence-electron chi connectivity index (χ4n) is 3.78. The minimum atomic E-state index is 0.126. The van der Waals surface area contributed by atoms with Crippen LogP contribution in [0, 0.1) is 0 Å². The number of carbonyl (C=O) groups excluding carboxylic acids is 1. The Morgan fingerprint density at radius 3 is 2.95 bits per heavy atom. The van der Waals surface area contributed by atoms with Crippen LogP contribution in [0.3, 0.4) is 0 Å². The quantitative estimate of drug-likeness (QED) is 0.927. The Bertz CT molecular complexity index is 479. The highest BCUT2D eigenvalue weighted by Crippen LogP contribution is 2.36. The van der Waals surface area contributed by atoms with Crippen molar-refractivity contribution in [2.75, 3.05) is 19.6 Å². The van der Waals surface area contributed by atoms with Gasteiger partial charge in [0.05, 0.1) is 5.92 Å². The van der Waals surface area contributed by atoms with Gasteiger partial charge in [0.2, 0.25) is 5.91 Å². The van der Waals surface area contributed by atoms with Crippen LogP contribution in [-0.2, 0) is 11.2 Å². The molecule has 3 nitrogen and oxygen atoms in total. The van der Waals surface area contributed by atoms with Crippen molar-refractivity contribution in [3.63, 3.8) is 0 Å². The number of piperidine rings is 1. The van der Waals surface area contributed by atoms with Crippen molar-refractivity contribution < 1.29 is 4.79 Å². The molecule has 2 heterocycles. The zero-order valence-electron chi connectivity index (χ0n) is 12.9. The summed E-state index contributed by atoms with van der Waals surface area (Å²) in [5, 5.41) is 5.56. The van der Waals surface area contributed by atoms with Gasteiger partial charge in [-0.15, -0.1) is 11.3 Å².